The molecule has 1 aromatic rings. The zero-order chi connectivity index (χ0) is 14.9. The molecular weight excluding hydrogens is 262 g/mol. The summed E-state index contributed by atoms with van der Waals surface area (Å²) in [6.45, 7) is 2.94. The minimum atomic E-state index is -0.651. The van der Waals surface area contributed by atoms with E-state index in [1.807, 2.05) is 6.92 Å². The standard InChI is InChI=1S/C18H25NO2/c1-2-18(17(20)21)12-7-13-19(18)16-11-6-4-9-14-8-3-5-10-15(14)16/h3,5,8,10,16H,2,4,6-7,9,11-13H2,1H3,(H,20,21). The zero-order valence-electron chi connectivity index (χ0n) is 12.8. The normalized spacial score (nSPS) is 29.9. The van der Waals surface area contributed by atoms with E-state index < -0.39 is 11.5 Å². The predicted octanol–water partition coefficient (Wildman–Crippen LogP) is 3.78. The Morgan fingerprint density at radius 1 is 1.33 bits per heavy atom. The van der Waals surface area contributed by atoms with Gasteiger partial charge in [0.15, 0.2) is 0 Å². The molecule has 1 aliphatic carbocycles. The highest BCUT2D eigenvalue weighted by Gasteiger charge is 2.49. The number of hydrogen-bond donors (Lipinski definition) is 1. The number of aliphatic carboxylic acids is 1. The summed E-state index contributed by atoms with van der Waals surface area (Å²) in [5, 5.41) is 9.84. The number of aryl methyl sites for hydroxylation is 1. The topological polar surface area (TPSA) is 40.5 Å². The number of fused-ring (bicyclic) bond motifs is 1. The van der Waals surface area contributed by atoms with Crippen LogP contribution in [-0.2, 0) is 11.2 Å². The van der Waals surface area contributed by atoms with Crippen LogP contribution < -0.4 is 0 Å². The average molecular weight is 287 g/mol. The first kappa shape index (κ1) is 14.6. The molecule has 0 radical (unpaired) electrons. The van der Waals surface area contributed by atoms with Gasteiger partial charge < -0.3 is 5.11 Å². The molecule has 3 rings (SSSR count). The lowest BCUT2D eigenvalue weighted by Crippen LogP contribution is -2.51. The fraction of sp³-hybridized carbons (Fsp3) is 0.611. The maximum atomic E-state index is 12.0. The summed E-state index contributed by atoms with van der Waals surface area (Å²) in [5.74, 6) is -0.635. The minimum absolute atomic E-state index is 0.280. The summed E-state index contributed by atoms with van der Waals surface area (Å²) < 4.78 is 0. The Hall–Kier alpha value is -1.35. The van der Waals surface area contributed by atoms with Gasteiger partial charge in [-0.2, -0.15) is 0 Å². The first-order valence-corrected chi connectivity index (χ1v) is 8.27. The van der Waals surface area contributed by atoms with Gasteiger partial charge in [-0.1, -0.05) is 37.6 Å². The van der Waals surface area contributed by atoms with Crippen LogP contribution in [0.3, 0.4) is 0 Å². The second-order valence-electron chi connectivity index (χ2n) is 6.45. The largest absolute Gasteiger partial charge is 0.480 e. The van der Waals surface area contributed by atoms with Crippen molar-refractivity contribution in [2.45, 2.75) is 63.5 Å². The molecule has 1 aromatic carbocycles. The Balaban J connectivity index is 2.01. The Morgan fingerprint density at radius 3 is 2.90 bits per heavy atom. The maximum Gasteiger partial charge on any atom is 0.324 e. The molecule has 2 atom stereocenters. The summed E-state index contributed by atoms with van der Waals surface area (Å²) in [6, 6.07) is 8.92. The second-order valence-corrected chi connectivity index (χ2v) is 6.45. The summed E-state index contributed by atoms with van der Waals surface area (Å²) >= 11 is 0. The van der Waals surface area contributed by atoms with Gasteiger partial charge in [-0.25, -0.2) is 0 Å². The zero-order valence-corrected chi connectivity index (χ0v) is 12.8. The van der Waals surface area contributed by atoms with Gasteiger partial charge in [-0.15, -0.1) is 0 Å². The molecule has 0 saturated carbocycles. The van der Waals surface area contributed by atoms with Crippen LogP contribution in [0.15, 0.2) is 24.3 Å². The molecule has 1 saturated heterocycles. The Labute approximate surface area is 127 Å². The van der Waals surface area contributed by atoms with Gasteiger partial charge in [0.25, 0.3) is 0 Å². The predicted molar refractivity (Wildman–Crippen MR) is 83.3 cm³/mol. The molecule has 3 heteroatoms. The molecule has 1 heterocycles. The Bertz CT molecular complexity index is 528. The summed E-state index contributed by atoms with van der Waals surface area (Å²) in [6.07, 6.45) is 7.11. The molecule has 2 unspecified atom stereocenters. The van der Waals surface area contributed by atoms with E-state index in [0.29, 0.717) is 6.42 Å². The highest BCUT2D eigenvalue weighted by Crippen LogP contribution is 2.43. The number of rotatable bonds is 3. The van der Waals surface area contributed by atoms with Crippen molar-refractivity contribution in [2.75, 3.05) is 6.54 Å². The number of benzene rings is 1. The van der Waals surface area contributed by atoms with Crippen molar-refractivity contribution < 1.29 is 9.90 Å². The van der Waals surface area contributed by atoms with Crippen LogP contribution in [0.2, 0.25) is 0 Å². The monoisotopic (exact) mass is 287 g/mol. The van der Waals surface area contributed by atoms with E-state index in [2.05, 4.69) is 29.2 Å². The first-order chi connectivity index (χ1) is 10.2. The van der Waals surface area contributed by atoms with Crippen molar-refractivity contribution >= 4 is 5.97 Å². The average Bonchev–Trinajstić information content (AvgIpc) is 2.82. The molecule has 21 heavy (non-hydrogen) atoms. The number of hydrogen-bond acceptors (Lipinski definition) is 2. The van der Waals surface area contributed by atoms with Crippen LogP contribution >= 0.6 is 0 Å². The van der Waals surface area contributed by atoms with E-state index in [0.717, 1.165) is 32.2 Å². The molecule has 3 nitrogen and oxygen atoms in total. The smallest absolute Gasteiger partial charge is 0.324 e. The summed E-state index contributed by atoms with van der Waals surface area (Å²) in [7, 11) is 0. The van der Waals surface area contributed by atoms with Gasteiger partial charge in [-0.05, 0) is 56.2 Å². The lowest BCUT2D eigenvalue weighted by Gasteiger charge is -2.40. The molecule has 1 fully saturated rings. The second kappa shape index (κ2) is 5.80. The summed E-state index contributed by atoms with van der Waals surface area (Å²) in [4.78, 5) is 14.3. The number of likely N-dealkylation sites (tertiary alicyclic amines) is 1. The van der Waals surface area contributed by atoms with Gasteiger partial charge in [0.05, 0.1) is 0 Å². The van der Waals surface area contributed by atoms with Crippen molar-refractivity contribution in [1.82, 2.24) is 4.90 Å². The minimum Gasteiger partial charge on any atom is -0.480 e. The molecule has 0 bridgehead atoms. The molecule has 0 spiro atoms. The Kier molecular flexibility index (Phi) is 4.03. The molecular formula is C18H25NO2. The van der Waals surface area contributed by atoms with Crippen LogP contribution in [0.4, 0.5) is 0 Å². The highest BCUT2D eigenvalue weighted by molar-refractivity contribution is 5.79. The van der Waals surface area contributed by atoms with E-state index in [1.54, 1.807) is 0 Å². The number of nitrogens with zero attached hydrogens (tertiary/aromatic N) is 1. The lowest BCUT2D eigenvalue weighted by atomic mass is 9.89. The number of carbonyl (C=O) groups is 1. The van der Waals surface area contributed by atoms with E-state index in [4.69, 9.17) is 0 Å². The third-order valence-corrected chi connectivity index (χ3v) is 5.49. The van der Waals surface area contributed by atoms with Crippen LogP contribution in [0.5, 0.6) is 0 Å². The van der Waals surface area contributed by atoms with Crippen molar-refractivity contribution in [3.63, 3.8) is 0 Å². The van der Waals surface area contributed by atoms with E-state index in [1.165, 1.54) is 24.0 Å². The molecule has 2 aliphatic rings. The van der Waals surface area contributed by atoms with Crippen LogP contribution in [0.1, 0.15) is 62.6 Å². The fourth-order valence-corrected chi connectivity index (χ4v) is 4.33. The van der Waals surface area contributed by atoms with Crippen molar-refractivity contribution in [2.24, 2.45) is 0 Å². The third kappa shape index (κ3) is 2.38. The fourth-order valence-electron chi connectivity index (χ4n) is 4.33. The number of carboxylic acid groups (broad SMARTS) is 1. The highest BCUT2D eigenvalue weighted by atomic mass is 16.4. The molecule has 0 aromatic heterocycles. The summed E-state index contributed by atoms with van der Waals surface area (Å²) in [5.41, 5.74) is 2.14. The van der Waals surface area contributed by atoms with E-state index in [9.17, 15) is 9.90 Å². The first-order valence-electron chi connectivity index (χ1n) is 8.27. The van der Waals surface area contributed by atoms with Crippen molar-refractivity contribution in [3.8, 4) is 0 Å². The van der Waals surface area contributed by atoms with Crippen molar-refractivity contribution in [1.29, 1.82) is 0 Å². The van der Waals surface area contributed by atoms with Gasteiger partial charge in [-0.3, -0.25) is 9.69 Å². The molecule has 1 aliphatic heterocycles. The van der Waals surface area contributed by atoms with Gasteiger partial charge in [0, 0.05) is 6.04 Å². The lowest BCUT2D eigenvalue weighted by molar-refractivity contribution is -0.151. The van der Waals surface area contributed by atoms with E-state index >= 15 is 0 Å². The van der Waals surface area contributed by atoms with Gasteiger partial charge in [0.1, 0.15) is 5.54 Å². The maximum absolute atomic E-state index is 12.0. The molecule has 0 amide bonds. The quantitative estimate of drug-likeness (QED) is 0.860. The SMILES string of the molecule is CCC1(C(=O)O)CCCN1C1CCCCc2ccccc21. The van der Waals surface area contributed by atoms with Crippen molar-refractivity contribution in [3.05, 3.63) is 35.4 Å². The Morgan fingerprint density at radius 2 is 2.14 bits per heavy atom. The third-order valence-electron chi connectivity index (χ3n) is 5.49. The van der Waals surface area contributed by atoms with E-state index in [-0.39, 0.29) is 6.04 Å². The molecule has 114 valence electrons. The van der Waals surface area contributed by atoms with Crippen LogP contribution in [0, 0.1) is 0 Å². The van der Waals surface area contributed by atoms with Gasteiger partial charge in [0.2, 0.25) is 0 Å². The molecule has 1 N–H and O–H groups in total. The van der Waals surface area contributed by atoms with Crippen LogP contribution in [0.25, 0.3) is 0 Å². The number of carboxylic acids is 1. The van der Waals surface area contributed by atoms with Crippen LogP contribution in [-0.4, -0.2) is 28.1 Å². The van der Waals surface area contributed by atoms with Gasteiger partial charge >= 0.3 is 5.97 Å².